The number of rotatable bonds is 6. The third-order valence-corrected chi connectivity index (χ3v) is 8.61. The van der Waals surface area contributed by atoms with Gasteiger partial charge in [-0.3, -0.25) is 0 Å². The summed E-state index contributed by atoms with van der Waals surface area (Å²) in [5.74, 6) is 0.327. The zero-order valence-electron chi connectivity index (χ0n) is 13.6. The lowest BCUT2D eigenvalue weighted by Crippen LogP contribution is -2.51. The molecule has 134 valence electrons. The summed E-state index contributed by atoms with van der Waals surface area (Å²) in [6.45, 7) is 2.90. The number of benzene rings is 1. The van der Waals surface area contributed by atoms with Crippen molar-refractivity contribution < 1.29 is 21.6 Å². The zero-order chi connectivity index (χ0) is 17.4. The van der Waals surface area contributed by atoms with E-state index >= 15 is 0 Å². The lowest BCUT2D eigenvalue weighted by Gasteiger charge is -2.33. The molecule has 24 heavy (non-hydrogen) atoms. The molecule has 9 heteroatoms. The molecule has 1 aromatic carbocycles. The molecule has 0 aromatic heterocycles. The highest BCUT2D eigenvalue weighted by Gasteiger charge is 2.42. The van der Waals surface area contributed by atoms with E-state index in [9.17, 15) is 16.8 Å². The first-order valence-electron chi connectivity index (χ1n) is 8.08. The van der Waals surface area contributed by atoms with Crippen molar-refractivity contribution in [1.29, 1.82) is 0 Å². The lowest BCUT2D eigenvalue weighted by atomic mass is 10.3. The van der Waals surface area contributed by atoms with Crippen LogP contribution in [0.5, 0.6) is 5.75 Å². The second-order valence-electron chi connectivity index (χ2n) is 5.93. The largest absolute Gasteiger partial charge is 0.492 e. The van der Waals surface area contributed by atoms with Crippen LogP contribution in [0.25, 0.3) is 0 Å². The molecule has 0 atom stereocenters. The highest BCUT2D eigenvalue weighted by atomic mass is 32.2. The van der Waals surface area contributed by atoms with Crippen LogP contribution in [-0.4, -0.2) is 63.5 Å². The molecule has 0 radical (unpaired) electrons. The van der Waals surface area contributed by atoms with Gasteiger partial charge in [0.15, 0.2) is 0 Å². The van der Waals surface area contributed by atoms with E-state index in [1.807, 2.05) is 0 Å². The molecular weight excluding hydrogens is 352 g/mol. The molecule has 0 unspecified atom stereocenters. The minimum Gasteiger partial charge on any atom is -0.492 e. The Kier molecular flexibility index (Phi) is 4.87. The molecular formula is C15H22N2O5S2. The molecule has 0 bridgehead atoms. The average Bonchev–Trinajstić information content (AvgIpc) is 3.41. The van der Waals surface area contributed by atoms with E-state index in [1.54, 1.807) is 25.1 Å². The van der Waals surface area contributed by atoms with Crippen molar-refractivity contribution in [3.63, 3.8) is 0 Å². The Bertz CT molecular complexity index is 795. The summed E-state index contributed by atoms with van der Waals surface area (Å²) >= 11 is 0. The van der Waals surface area contributed by atoms with Gasteiger partial charge in [0.1, 0.15) is 10.6 Å². The molecule has 0 spiro atoms. The van der Waals surface area contributed by atoms with Crippen LogP contribution in [0.3, 0.4) is 0 Å². The number of piperazine rings is 1. The number of para-hydroxylation sites is 1. The van der Waals surface area contributed by atoms with Crippen LogP contribution < -0.4 is 4.74 Å². The zero-order valence-corrected chi connectivity index (χ0v) is 15.2. The van der Waals surface area contributed by atoms with Crippen LogP contribution in [0.4, 0.5) is 0 Å². The summed E-state index contributed by atoms with van der Waals surface area (Å²) in [6, 6.07) is 6.53. The molecule has 1 heterocycles. The average molecular weight is 374 g/mol. The van der Waals surface area contributed by atoms with Crippen LogP contribution >= 0.6 is 0 Å². The highest BCUT2D eigenvalue weighted by Crippen LogP contribution is 2.32. The van der Waals surface area contributed by atoms with Crippen molar-refractivity contribution in [2.75, 3.05) is 32.8 Å². The van der Waals surface area contributed by atoms with Crippen molar-refractivity contribution >= 4 is 20.0 Å². The fourth-order valence-electron chi connectivity index (χ4n) is 2.82. The van der Waals surface area contributed by atoms with Gasteiger partial charge >= 0.3 is 0 Å². The predicted molar refractivity (Wildman–Crippen MR) is 89.9 cm³/mol. The maximum absolute atomic E-state index is 12.9. The Hall–Kier alpha value is -1.16. The van der Waals surface area contributed by atoms with E-state index in [2.05, 4.69) is 0 Å². The number of hydrogen-bond acceptors (Lipinski definition) is 5. The molecule has 1 saturated carbocycles. The predicted octanol–water partition coefficient (Wildman–Crippen LogP) is 0.884. The molecule has 3 rings (SSSR count). The van der Waals surface area contributed by atoms with Gasteiger partial charge in [-0.1, -0.05) is 12.1 Å². The topological polar surface area (TPSA) is 84.0 Å². The van der Waals surface area contributed by atoms with E-state index in [0.717, 1.165) is 0 Å². The maximum Gasteiger partial charge on any atom is 0.246 e. The minimum absolute atomic E-state index is 0.130. The Labute approximate surface area is 143 Å². The Morgan fingerprint density at radius 1 is 1.00 bits per heavy atom. The molecule has 2 fully saturated rings. The first-order chi connectivity index (χ1) is 11.4. The van der Waals surface area contributed by atoms with Crippen molar-refractivity contribution in [2.24, 2.45) is 0 Å². The van der Waals surface area contributed by atoms with Crippen molar-refractivity contribution in [3.05, 3.63) is 24.3 Å². The number of ether oxygens (including phenoxy) is 1. The fourth-order valence-corrected chi connectivity index (χ4v) is 6.20. The van der Waals surface area contributed by atoms with Gasteiger partial charge in [0.25, 0.3) is 0 Å². The summed E-state index contributed by atoms with van der Waals surface area (Å²) in [4.78, 5) is 0.130. The Morgan fingerprint density at radius 3 is 2.17 bits per heavy atom. The van der Waals surface area contributed by atoms with Gasteiger partial charge in [-0.15, -0.1) is 0 Å². The third-order valence-electron chi connectivity index (χ3n) is 4.27. The van der Waals surface area contributed by atoms with E-state index in [4.69, 9.17) is 4.74 Å². The van der Waals surface area contributed by atoms with Crippen molar-refractivity contribution in [1.82, 2.24) is 8.61 Å². The molecule has 2 aliphatic rings. The van der Waals surface area contributed by atoms with Crippen molar-refractivity contribution in [3.8, 4) is 5.75 Å². The minimum atomic E-state index is -3.70. The molecule has 1 aromatic rings. The molecule has 1 aliphatic heterocycles. The van der Waals surface area contributed by atoms with E-state index in [0.29, 0.717) is 25.2 Å². The molecule has 0 amide bonds. The van der Waals surface area contributed by atoms with E-state index in [1.165, 1.54) is 14.7 Å². The van der Waals surface area contributed by atoms with Crippen LogP contribution in [-0.2, 0) is 20.0 Å². The maximum atomic E-state index is 12.9. The quantitative estimate of drug-likeness (QED) is 0.738. The van der Waals surface area contributed by atoms with Gasteiger partial charge in [-0.2, -0.15) is 8.61 Å². The first-order valence-corrected chi connectivity index (χ1v) is 11.0. The summed E-state index contributed by atoms with van der Waals surface area (Å²) in [5, 5.41) is -0.265. The summed E-state index contributed by atoms with van der Waals surface area (Å²) in [5.41, 5.74) is 0. The van der Waals surface area contributed by atoms with Crippen molar-refractivity contribution in [2.45, 2.75) is 29.9 Å². The molecule has 0 N–H and O–H groups in total. The molecule has 1 saturated heterocycles. The van der Waals surface area contributed by atoms with Gasteiger partial charge < -0.3 is 4.74 Å². The third kappa shape index (κ3) is 3.30. The van der Waals surface area contributed by atoms with E-state index < -0.39 is 20.0 Å². The molecule has 1 aliphatic carbocycles. The van der Waals surface area contributed by atoms with Gasteiger partial charge in [0, 0.05) is 26.2 Å². The normalized spacial score (nSPS) is 20.9. The Balaban J connectivity index is 1.76. The van der Waals surface area contributed by atoms with Gasteiger partial charge in [-0.05, 0) is 31.9 Å². The van der Waals surface area contributed by atoms with Gasteiger partial charge in [0.2, 0.25) is 20.0 Å². The SMILES string of the molecule is CCOc1ccccc1S(=O)(=O)N1CCN(S(=O)(=O)C2CC2)CC1. The number of nitrogens with zero attached hydrogens (tertiary/aromatic N) is 2. The summed E-state index contributed by atoms with van der Waals surface area (Å²) in [7, 11) is -6.95. The number of sulfonamides is 2. The lowest BCUT2D eigenvalue weighted by molar-refractivity contribution is 0.270. The van der Waals surface area contributed by atoms with Crippen LogP contribution in [0, 0.1) is 0 Å². The van der Waals surface area contributed by atoms with Crippen LogP contribution in [0.1, 0.15) is 19.8 Å². The standard InChI is InChI=1S/C15H22N2O5S2/c1-2-22-14-5-3-4-6-15(14)24(20,21)17-11-9-16(10-12-17)23(18,19)13-7-8-13/h3-6,13H,2,7-12H2,1H3. The fraction of sp³-hybridized carbons (Fsp3) is 0.600. The van der Waals surface area contributed by atoms with E-state index in [-0.39, 0.29) is 36.3 Å². The van der Waals surface area contributed by atoms with Crippen LogP contribution in [0.2, 0.25) is 0 Å². The summed E-state index contributed by atoms with van der Waals surface area (Å²) < 4.78 is 58.4. The second kappa shape index (κ2) is 6.62. The second-order valence-corrected chi connectivity index (χ2v) is 10.0. The summed E-state index contributed by atoms with van der Waals surface area (Å²) in [6.07, 6.45) is 1.42. The highest BCUT2D eigenvalue weighted by molar-refractivity contribution is 7.90. The molecule has 7 nitrogen and oxygen atoms in total. The van der Waals surface area contributed by atoms with Crippen LogP contribution in [0.15, 0.2) is 29.2 Å². The monoisotopic (exact) mass is 374 g/mol. The Morgan fingerprint density at radius 2 is 1.58 bits per heavy atom. The smallest absolute Gasteiger partial charge is 0.246 e. The first kappa shape index (κ1) is 17.7. The van der Waals surface area contributed by atoms with Gasteiger partial charge in [0.05, 0.1) is 11.9 Å². The van der Waals surface area contributed by atoms with Gasteiger partial charge in [-0.25, -0.2) is 16.8 Å². The number of hydrogen-bond donors (Lipinski definition) is 0.